The zero-order chi connectivity index (χ0) is 13.9. The first-order chi connectivity index (χ1) is 8.94. The molecule has 1 aliphatic rings. The number of rotatable bonds is 3. The van der Waals surface area contributed by atoms with Crippen LogP contribution in [0, 0.1) is 0 Å². The predicted molar refractivity (Wildman–Crippen MR) is 81.4 cm³/mol. The molecule has 2 rings (SSSR count). The Morgan fingerprint density at radius 1 is 1.37 bits per heavy atom. The van der Waals surface area contributed by atoms with Crippen molar-refractivity contribution in [2.45, 2.75) is 46.2 Å². The molecule has 1 N–H and O–H groups in total. The summed E-state index contributed by atoms with van der Waals surface area (Å²) in [5, 5.41) is 3.48. The molecule has 0 spiro atoms. The number of anilines is 1. The summed E-state index contributed by atoms with van der Waals surface area (Å²) >= 11 is 0. The molecule has 3 nitrogen and oxygen atoms in total. The topological polar surface area (TPSA) is 28.2 Å². The van der Waals surface area contributed by atoms with Crippen molar-refractivity contribution in [1.29, 1.82) is 0 Å². The molecular formula is C16H25N3. The van der Waals surface area contributed by atoms with Gasteiger partial charge < -0.3 is 10.2 Å². The van der Waals surface area contributed by atoms with Gasteiger partial charge in [0, 0.05) is 37.1 Å². The van der Waals surface area contributed by atoms with Crippen LogP contribution in [0.4, 0.5) is 5.69 Å². The average molecular weight is 259 g/mol. The van der Waals surface area contributed by atoms with Crippen LogP contribution in [0.1, 0.15) is 39.8 Å². The second-order valence-electron chi connectivity index (χ2n) is 6.36. The van der Waals surface area contributed by atoms with Gasteiger partial charge >= 0.3 is 0 Å². The molecule has 0 bridgehead atoms. The molecule has 0 amide bonds. The molecule has 0 atom stereocenters. The second-order valence-corrected chi connectivity index (χ2v) is 6.36. The lowest BCUT2D eigenvalue weighted by Gasteiger charge is -2.28. The van der Waals surface area contributed by atoms with Crippen molar-refractivity contribution in [3.8, 4) is 0 Å². The maximum Gasteiger partial charge on any atom is 0.0562 e. The Labute approximate surface area is 116 Å². The Balaban J connectivity index is 2.03. The fourth-order valence-electron chi connectivity index (χ4n) is 2.12. The number of pyridine rings is 1. The summed E-state index contributed by atoms with van der Waals surface area (Å²) in [6.07, 6.45) is 5.40. The third-order valence-corrected chi connectivity index (χ3v) is 3.40. The minimum absolute atomic E-state index is 0.128. The highest BCUT2D eigenvalue weighted by atomic mass is 15.1. The molecule has 0 saturated carbocycles. The van der Waals surface area contributed by atoms with Crippen molar-refractivity contribution in [2.24, 2.45) is 0 Å². The summed E-state index contributed by atoms with van der Waals surface area (Å²) in [7, 11) is 0. The van der Waals surface area contributed by atoms with Gasteiger partial charge in [-0.05, 0) is 46.2 Å². The first kappa shape index (κ1) is 14.1. The van der Waals surface area contributed by atoms with E-state index in [2.05, 4.69) is 61.1 Å². The summed E-state index contributed by atoms with van der Waals surface area (Å²) in [6, 6.07) is 4.31. The fraction of sp³-hybridized carbons (Fsp3) is 0.562. The van der Waals surface area contributed by atoms with Crippen LogP contribution in [-0.2, 0) is 6.54 Å². The van der Waals surface area contributed by atoms with Crippen LogP contribution in [0.25, 0.3) is 0 Å². The largest absolute Gasteiger partial charge is 0.367 e. The van der Waals surface area contributed by atoms with Crippen molar-refractivity contribution in [1.82, 2.24) is 10.3 Å². The molecule has 1 aromatic heterocycles. The Hall–Kier alpha value is -1.35. The molecule has 0 aliphatic carbocycles. The van der Waals surface area contributed by atoms with Gasteiger partial charge in [-0.1, -0.05) is 11.6 Å². The van der Waals surface area contributed by atoms with Crippen LogP contribution in [0.3, 0.4) is 0 Å². The summed E-state index contributed by atoms with van der Waals surface area (Å²) in [5.41, 5.74) is 4.02. The predicted octanol–water partition coefficient (Wildman–Crippen LogP) is 3.13. The lowest BCUT2D eigenvalue weighted by atomic mass is 10.1. The summed E-state index contributed by atoms with van der Waals surface area (Å²) in [6.45, 7) is 11.7. The van der Waals surface area contributed by atoms with Crippen molar-refractivity contribution < 1.29 is 0 Å². The van der Waals surface area contributed by atoms with Crippen molar-refractivity contribution >= 4 is 5.69 Å². The molecule has 0 saturated heterocycles. The van der Waals surface area contributed by atoms with E-state index in [9.17, 15) is 0 Å². The third-order valence-electron chi connectivity index (χ3n) is 3.40. The van der Waals surface area contributed by atoms with Crippen molar-refractivity contribution in [3.05, 3.63) is 35.7 Å². The lowest BCUT2D eigenvalue weighted by Crippen LogP contribution is -2.35. The van der Waals surface area contributed by atoms with Gasteiger partial charge in [0.25, 0.3) is 0 Å². The molecule has 2 heterocycles. The van der Waals surface area contributed by atoms with Gasteiger partial charge in [-0.15, -0.1) is 0 Å². The number of hydrogen-bond acceptors (Lipinski definition) is 3. The molecular weight excluding hydrogens is 234 g/mol. The van der Waals surface area contributed by atoms with E-state index in [-0.39, 0.29) is 5.54 Å². The molecule has 1 aromatic rings. The zero-order valence-corrected chi connectivity index (χ0v) is 12.5. The molecule has 0 radical (unpaired) electrons. The van der Waals surface area contributed by atoms with Crippen molar-refractivity contribution in [3.63, 3.8) is 0 Å². The fourth-order valence-corrected chi connectivity index (χ4v) is 2.12. The minimum atomic E-state index is 0.128. The zero-order valence-electron chi connectivity index (χ0n) is 12.5. The Morgan fingerprint density at radius 3 is 2.79 bits per heavy atom. The van der Waals surface area contributed by atoms with Gasteiger partial charge in [0.1, 0.15) is 0 Å². The Bertz CT molecular complexity index is 457. The Kier molecular flexibility index (Phi) is 4.25. The van der Waals surface area contributed by atoms with Crippen LogP contribution in [0.5, 0.6) is 0 Å². The van der Waals surface area contributed by atoms with Crippen LogP contribution in [0.2, 0.25) is 0 Å². The molecule has 0 fully saturated rings. The molecule has 1 aliphatic heterocycles. The van der Waals surface area contributed by atoms with Crippen LogP contribution >= 0.6 is 0 Å². The number of nitrogens with zero attached hydrogens (tertiary/aromatic N) is 2. The van der Waals surface area contributed by atoms with E-state index in [1.54, 1.807) is 0 Å². The molecule has 3 heteroatoms. The summed E-state index contributed by atoms with van der Waals surface area (Å²) in [5.74, 6) is 0. The normalized spacial score (nSPS) is 16.4. The van der Waals surface area contributed by atoms with Gasteiger partial charge in [-0.3, -0.25) is 4.98 Å². The van der Waals surface area contributed by atoms with Crippen LogP contribution in [0.15, 0.2) is 30.0 Å². The highest BCUT2D eigenvalue weighted by molar-refractivity contribution is 5.48. The maximum atomic E-state index is 4.45. The number of aromatic nitrogens is 1. The van der Waals surface area contributed by atoms with Crippen LogP contribution < -0.4 is 10.2 Å². The third kappa shape index (κ3) is 4.35. The minimum Gasteiger partial charge on any atom is -0.367 e. The standard InChI is InChI=1S/C16H25N3/c1-13-6-9-19(10-7-13)15-5-8-17-14(11-15)12-18-16(2,3)4/h5-6,8,11,18H,7,9-10,12H2,1-4H3. The molecule has 19 heavy (non-hydrogen) atoms. The van der Waals surface area contributed by atoms with Gasteiger partial charge in [-0.2, -0.15) is 0 Å². The van der Waals surface area contributed by atoms with Gasteiger partial charge in [0.15, 0.2) is 0 Å². The van der Waals surface area contributed by atoms with Gasteiger partial charge in [-0.25, -0.2) is 0 Å². The second kappa shape index (κ2) is 5.74. The van der Waals surface area contributed by atoms with Gasteiger partial charge in [0.2, 0.25) is 0 Å². The van der Waals surface area contributed by atoms with E-state index < -0.39 is 0 Å². The first-order valence-electron chi connectivity index (χ1n) is 7.04. The van der Waals surface area contributed by atoms with E-state index >= 15 is 0 Å². The SMILES string of the molecule is CC1=CCN(c2ccnc(CNC(C)(C)C)c2)CC1. The first-order valence-corrected chi connectivity index (χ1v) is 7.04. The van der Waals surface area contributed by atoms with Gasteiger partial charge in [0.05, 0.1) is 5.69 Å². The molecule has 0 unspecified atom stereocenters. The summed E-state index contributed by atoms with van der Waals surface area (Å²) < 4.78 is 0. The van der Waals surface area contributed by atoms with E-state index in [0.717, 1.165) is 31.7 Å². The maximum absolute atomic E-state index is 4.45. The molecule has 0 aromatic carbocycles. The van der Waals surface area contributed by atoms with Crippen LogP contribution in [-0.4, -0.2) is 23.6 Å². The quantitative estimate of drug-likeness (QED) is 0.845. The summed E-state index contributed by atoms with van der Waals surface area (Å²) in [4.78, 5) is 6.86. The van der Waals surface area contributed by atoms with E-state index in [1.807, 2.05) is 6.20 Å². The monoisotopic (exact) mass is 259 g/mol. The highest BCUT2D eigenvalue weighted by Gasteiger charge is 2.12. The number of hydrogen-bond donors (Lipinski definition) is 1. The smallest absolute Gasteiger partial charge is 0.0562 e. The average Bonchev–Trinajstić information content (AvgIpc) is 2.37. The molecule has 104 valence electrons. The highest BCUT2D eigenvalue weighted by Crippen LogP contribution is 2.19. The van der Waals surface area contributed by atoms with Crippen molar-refractivity contribution in [2.75, 3.05) is 18.0 Å². The lowest BCUT2D eigenvalue weighted by molar-refractivity contribution is 0.421. The number of nitrogens with one attached hydrogen (secondary N) is 1. The van der Waals surface area contributed by atoms with E-state index in [4.69, 9.17) is 0 Å². The van der Waals surface area contributed by atoms with E-state index in [1.165, 1.54) is 11.3 Å². The Morgan fingerprint density at radius 2 is 2.16 bits per heavy atom. The van der Waals surface area contributed by atoms with E-state index in [0.29, 0.717) is 0 Å².